The second-order valence-corrected chi connectivity index (χ2v) is 4.54. The molecule has 0 aliphatic carbocycles. The largest absolute Gasteiger partial charge is 0.496 e. The predicted molar refractivity (Wildman–Crippen MR) is 76.3 cm³/mol. The molecule has 0 aliphatic rings. The minimum Gasteiger partial charge on any atom is -0.496 e. The Bertz CT molecular complexity index is 404. The molecule has 106 valence electrons. The number of amides is 1. The molecule has 4 heteroatoms. The molecule has 1 amide bonds. The number of aliphatic hydroxyl groups is 1. The molecule has 0 atom stereocenters. The maximum absolute atomic E-state index is 11.7. The van der Waals surface area contributed by atoms with Crippen molar-refractivity contribution in [2.75, 3.05) is 12.4 Å². The van der Waals surface area contributed by atoms with Crippen LogP contribution in [-0.4, -0.2) is 18.1 Å². The third-order valence-corrected chi connectivity index (χ3v) is 2.99. The fourth-order valence-corrected chi connectivity index (χ4v) is 1.92. The van der Waals surface area contributed by atoms with Crippen LogP contribution in [0.15, 0.2) is 18.2 Å². The summed E-state index contributed by atoms with van der Waals surface area (Å²) in [6.45, 7) is 2.04. The highest BCUT2D eigenvalue weighted by atomic mass is 16.5. The van der Waals surface area contributed by atoms with Gasteiger partial charge < -0.3 is 15.2 Å². The Kier molecular flexibility index (Phi) is 6.97. The summed E-state index contributed by atoms with van der Waals surface area (Å²) in [4.78, 5) is 11.7. The van der Waals surface area contributed by atoms with Crippen molar-refractivity contribution < 1.29 is 14.6 Å². The van der Waals surface area contributed by atoms with Gasteiger partial charge in [0.1, 0.15) is 5.75 Å². The van der Waals surface area contributed by atoms with E-state index in [-0.39, 0.29) is 12.5 Å². The molecule has 1 aromatic rings. The van der Waals surface area contributed by atoms with E-state index in [1.165, 1.54) is 12.8 Å². The molecule has 1 aromatic carbocycles. The van der Waals surface area contributed by atoms with Crippen molar-refractivity contribution in [1.29, 1.82) is 0 Å². The van der Waals surface area contributed by atoms with E-state index >= 15 is 0 Å². The second-order valence-electron chi connectivity index (χ2n) is 4.54. The maximum Gasteiger partial charge on any atom is 0.224 e. The molecule has 0 spiro atoms. The zero-order valence-electron chi connectivity index (χ0n) is 11.7. The van der Waals surface area contributed by atoms with Crippen molar-refractivity contribution in [3.63, 3.8) is 0 Å². The first-order valence-corrected chi connectivity index (χ1v) is 6.78. The van der Waals surface area contributed by atoms with Crippen LogP contribution < -0.4 is 10.1 Å². The summed E-state index contributed by atoms with van der Waals surface area (Å²) < 4.78 is 5.12. The summed E-state index contributed by atoms with van der Waals surface area (Å²) in [6.07, 6.45) is 4.89. The minimum absolute atomic E-state index is 0.0187. The van der Waals surface area contributed by atoms with Crippen LogP contribution in [-0.2, 0) is 11.4 Å². The Labute approximate surface area is 114 Å². The van der Waals surface area contributed by atoms with E-state index < -0.39 is 0 Å². The molecule has 0 aliphatic heterocycles. The summed E-state index contributed by atoms with van der Waals surface area (Å²) in [7, 11) is 1.56. The van der Waals surface area contributed by atoms with Crippen LogP contribution in [0.25, 0.3) is 0 Å². The number of carbonyl (C=O) groups is 1. The summed E-state index contributed by atoms with van der Waals surface area (Å²) in [5.74, 6) is 0.647. The van der Waals surface area contributed by atoms with Crippen LogP contribution >= 0.6 is 0 Å². The molecule has 0 aromatic heterocycles. The molecular formula is C15H23NO3. The predicted octanol–water partition coefficient (Wildman–Crippen LogP) is 3.10. The Morgan fingerprint density at radius 2 is 2.11 bits per heavy atom. The average molecular weight is 265 g/mol. The number of carbonyl (C=O) groups excluding carboxylic acids is 1. The maximum atomic E-state index is 11.7. The van der Waals surface area contributed by atoms with Gasteiger partial charge in [-0.05, 0) is 24.6 Å². The highest BCUT2D eigenvalue weighted by Gasteiger charge is 2.06. The van der Waals surface area contributed by atoms with Crippen molar-refractivity contribution in [3.8, 4) is 5.75 Å². The molecule has 1 rings (SSSR count). The van der Waals surface area contributed by atoms with Gasteiger partial charge in [-0.15, -0.1) is 0 Å². The zero-order valence-corrected chi connectivity index (χ0v) is 11.7. The van der Waals surface area contributed by atoms with E-state index in [0.29, 0.717) is 23.4 Å². The quantitative estimate of drug-likeness (QED) is 0.710. The third-order valence-electron chi connectivity index (χ3n) is 2.99. The molecule has 0 radical (unpaired) electrons. The number of rotatable bonds is 8. The van der Waals surface area contributed by atoms with Gasteiger partial charge in [-0.3, -0.25) is 4.79 Å². The lowest BCUT2D eigenvalue weighted by Gasteiger charge is -2.10. The second kappa shape index (κ2) is 8.53. The molecule has 0 fully saturated rings. The van der Waals surface area contributed by atoms with E-state index in [4.69, 9.17) is 4.74 Å². The van der Waals surface area contributed by atoms with Crippen LogP contribution in [0.2, 0.25) is 0 Å². The van der Waals surface area contributed by atoms with Crippen molar-refractivity contribution in [2.45, 2.75) is 45.6 Å². The van der Waals surface area contributed by atoms with E-state index in [1.807, 2.05) is 0 Å². The molecular weight excluding hydrogens is 242 g/mol. The van der Waals surface area contributed by atoms with E-state index in [2.05, 4.69) is 12.2 Å². The lowest BCUT2D eigenvalue weighted by molar-refractivity contribution is -0.116. The molecule has 0 saturated heterocycles. The molecule has 0 heterocycles. The number of benzene rings is 1. The Morgan fingerprint density at radius 1 is 1.32 bits per heavy atom. The van der Waals surface area contributed by atoms with Crippen LogP contribution in [0.3, 0.4) is 0 Å². The molecule has 0 bridgehead atoms. The first-order valence-electron chi connectivity index (χ1n) is 6.78. The average Bonchev–Trinajstić information content (AvgIpc) is 2.43. The van der Waals surface area contributed by atoms with Crippen molar-refractivity contribution in [1.82, 2.24) is 0 Å². The monoisotopic (exact) mass is 265 g/mol. The Hall–Kier alpha value is -1.55. The van der Waals surface area contributed by atoms with Gasteiger partial charge in [0.25, 0.3) is 0 Å². The molecule has 0 unspecified atom stereocenters. The summed E-state index contributed by atoms with van der Waals surface area (Å²) in [6, 6.07) is 5.27. The highest BCUT2D eigenvalue weighted by Crippen LogP contribution is 2.22. The highest BCUT2D eigenvalue weighted by molar-refractivity contribution is 5.90. The molecule has 19 heavy (non-hydrogen) atoms. The SMILES string of the molecule is CCCCCCC(=O)Nc1ccc(OC)c(CO)c1. The van der Waals surface area contributed by atoms with E-state index in [9.17, 15) is 9.90 Å². The van der Waals surface area contributed by atoms with Gasteiger partial charge in [-0.1, -0.05) is 26.2 Å². The van der Waals surface area contributed by atoms with Gasteiger partial charge in [-0.2, -0.15) is 0 Å². The van der Waals surface area contributed by atoms with E-state index in [0.717, 1.165) is 12.8 Å². The lowest BCUT2D eigenvalue weighted by atomic mass is 10.1. The van der Waals surface area contributed by atoms with E-state index in [1.54, 1.807) is 25.3 Å². The Morgan fingerprint density at radius 3 is 2.74 bits per heavy atom. The van der Waals surface area contributed by atoms with Crippen LogP contribution in [0.5, 0.6) is 5.75 Å². The lowest BCUT2D eigenvalue weighted by Crippen LogP contribution is -2.11. The van der Waals surface area contributed by atoms with Crippen LogP contribution in [0.1, 0.15) is 44.6 Å². The number of hydrogen-bond acceptors (Lipinski definition) is 3. The number of anilines is 1. The number of nitrogens with one attached hydrogen (secondary N) is 1. The van der Waals surface area contributed by atoms with Crippen molar-refractivity contribution in [3.05, 3.63) is 23.8 Å². The topological polar surface area (TPSA) is 58.6 Å². The van der Waals surface area contributed by atoms with Gasteiger partial charge in [0.05, 0.1) is 13.7 Å². The van der Waals surface area contributed by atoms with Crippen molar-refractivity contribution in [2.24, 2.45) is 0 Å². The number of hydrogen-bond donors (Lipinski definition) is 2. The number of methoxy groups -OCH3 is 1. The number of unbranched alkanes of at least 4 members (excludes halogenated alkanes) is 3. The summed E-state index contributed by atoms with van der Waals surface area (Å²) in [5, 5.41) is 12.1. The zero-order chi connectivity index (χ0) is 14.1. The fourth-order valence-electron chi connectivity index (χ4n) is 1.92. The van der Waals surface area contributed by atoms with Gasteiger partial charge in [0.2, 0.25) is 5.91 Å². The summed E-state index contributed by atoms with van der Waals surface area (Å²) in [5.41, 5.74) is 1.37. The minimum atomic E-state index is -0.108. The molecule has 4 nitrogen and oxygen atoms in total. The van der Waals surface area contributed by atoms with Gasteiger partial charge >= 0.3 is 0 Å². The van der Waals surface area contributed by atoms with Gasteiger partial charge in [-0.25, -0.2) is 0 Å². The van der Waals surface area contributed by atoms with Crippen LogP contribution in [0.4, 0.5) is 5.69 Å². The van der Waals surface area contributed by atoms with Gasteiger partial charge in [0.15, 0.2) is 0 Å². The number of ether oxygens (including phenoxy) is 1. The summed E-state index contributed by atoms with van der Waals surface area (Å²) >= 11 is 0. The normalized spacial score (nSPS) is 10.3. The van der Waals surface area contributed by atoms with Crippen molar-refractivity contribution >= 4 is 11.6 Å². The smallest absolute Gasteiger partial charge is 0.224 e. The molecule has 0 saturated carbocycles. The van der Waals surface area contributed by atoms with Gasteiger partial charge in [0, 0.05) is 17.7 Å². The fraction of sp³-hybridized carbons (Fsp3) is 0.533. The first-order chi connectivity index (χ1) is 9.21. The third kappa shape index (κ3) is 5.30. The standard InChI is InChI=1S/C15H23NO3/c1-3-4-5-6-7-15(18)16-13-8-9-14(19-2)12(10-13)11-17/h8-10,17H,3-7,11H2,1-2H3,(H,16,18). The van der Waals surface area contributed by atoms with Crippen LogP contribution in [0, 0.1) is 0 Å². The molecule has 2 N–H and O–H groups in total. The first kappa shape index (κ1) is 15.5. The Balaban J connectivity index is 2.50. The number of aliphatic hydroxyl groups excluding tert-OH is 1.